The van der Waals surface area contributed by atoms with Crippen molar-refractivity contribution >= 4 is 50.9 Å². The molecule has 4 amide bonds. The molecule has 21 heteroatoms. The molecule has 14 nitrogen and oxygen atoms in total. The number of ether oxygens (including phenoxy) is 1. The van der Waals surface area contributed by atoms with E-state index in [1.807, 2.05) is 6.07 Å². The summed E-state index contributed by atoms with van der Waals surface area (Å²) >= 11 is 5.90. The number of halogens is 6. The van der Waals surface area contributed by atoms with E-state index in [2.05, 4.69) is 15.6 Å². The Morgan fingerprint density at radius 3 is 2.25 bits per heavy atom. The van der Waals surface area contributed by atoms with Crippen molar-refractivity contribution in [3.8, 4) is 11.8 Å². The zero-order valence-corrected chi connectivity index (χ0v) is 33.1. The van der Waals surface area contributed by atoms with E-state index in [1.54, 1.807) is 0 Å². The third kappa shape index (κ3) is 11.9. The van der Waals surface area contributed by atoms with Gasteiger partial charge in [-0.1, -0.05) is 49.7 Å². The third-order valence-corrected chi connectivity index (χ3v) is 11.6. The van der Waals surface area contributed by atoms with Gasteiger partial charge in [0.1, 0.15) is 30.1 Å². The number of amides is 4. The standard InChI is InChI=1S/C38H38ClF5N6O8S/c1-21(2)31(32(51)38(43,44)36(55)47-20-37(40,41)42)49-34(53)30-15-27(59(56,57)19-22-7-10-26(58-3)11-8-22)18-50(30)35(54)29(14-23-5-4-6-24(13-23)16-45)48-33(52)28-12-9-25(39)17-46-28/h4-13,17,21,27,29-31H,14-15,18-20H2,1-3H3,(H,47,55)(H,48,52)(H,49,53)/t27-,29+,30?,31+/m1/s1. The molecule has 1 saturated heterocycles. The van der Waals surface area contributed by atoms with Crippen LogP contribution in [-0.4, -0.2) is 103 Å². The minimum atomic E-state index is -5.09. The number of nitriles is 1. The summed E-state index contributed by atoms with van der Waals surface area (Å²) in [6.07, 6.45) is -4.86. The Bertz CT molecular complexity index is 2200. The fraction of sp³-hybridized carbons (Fsp3) is 0.395. The number of likely N-dealkylation sites (tertiary alicyclic amines) is 1. The lowest BCUT2D eigenvalue weighted by atomic mass is 9.94. The van der Waals surface area contributed by atoms with Gasteiger partial charge in [-0.2, -0.15) is 27.2 Å². The largest absolute Gasteiger partial charge is 0.497 e. The Labute approximate surface area is 340 Å². The summed E-state index contributed by atoms with van der Waals surface area (Å²) in [7, 11) is -2.83. The van der Waals surface area contributed by atoms with Crippen molar-refractivity contribution in [2.75, 3.05) is 20.2 Å². The van der Waals surface area contributed by atoms with Gasteiger partial charge < -0.3 is 25.6 Å². The van der Waals surface area contributed by atoms with E-state index < -0.39 is 106 Å². The molecule has 0 bridgehead atoms. The predicted octanol–water partition coefficient (Wildman–Crippen LogP) is 3.56. The lowest BCUT2D eigenvalue weighted by Gasteiger charge is -2.31. The van der Waals surface area contributed by atoms with E-state index in [9.17, 15) is 50.8 Å². The van der Waals surface area contributed by atoms with Gasteiger partial charge >= 0.3 is 12.1 Å². The molecule has 2 aromatic carbocycles. The van der Waals surface area contributed by atoms with Crippen molar-refractivity contribution in [3.63, 3.8) is 0 Å². The average Bonchev–Trinajstić information content (AvgIpc) is 3.65. The molecule has 3 N–H and O–H groups in total. The summed E-state index contributed by atoms with van der Waals surface area (Å²) in [6.45, 7) is -0.447. The highest BCUT2D eigenvalue weighted by Gasteiger charge is 2.53. The number of carbonyl (C=O) groups excluding carboxylic acids is 5. The number of methoxy groups -OCH3 is 1. The second kappa shape index (κ2) is 18.9. The molecule has 4 rings (SSSR count). The number of pyridine rings is 1. The van der Waals surface area contributed by atoms with Gasteiger partial charge in [0, 0.05) is 19.2 Å². The van der Waals surface area contributed by atoms with Gasteiger partial charge in [-0.15, -0.1) is 0 Å². The average molecular weight is 869 g/mol. The highest BCUT2D eigenvalue weighted by Crippen LogP contribution is 2.29. The number of nitrogens with one attached hydrogen (secondary N) is 3. The molecule has 1 fully saturated rings. The topological polar surface area (TPSA) is 205 Å². The second-order valence-corrected chi connectivity index (χ2v) is 16.6. The molecule has 1 unspecified atom stereocenters. The lowest BCUT2D eigenvalue weighted by molar-refractivity contribution is -0.165. The number of Topliss-reactive ketones (excluding diaryl/α,β-unsaturated/α-hetero) is 1. The first-order valence-corrected chi connectivity index (χ1v) is 19.8. The van der Waals surface area contributed by atoms with Crippen LogP contribution >= 0.6 is 11.6 Å². The first-order valence-electron chi connectivity index (χ1n) is 17.7. The van der Waals surface area contributed by atoms with Crippen LogP contribution in [0.2, 0.25) is 5.02 Å². The summed E-state index contributed by atoms with van der Waals surface area (Å²) in [5, 5.41) is 13.7. The second-order valence-electron chi connectivity index (χ2n) is 13.9. The molecule has 0 saturated carbocycles. The van der Waals surface area contributed by atoms with E-state index in [4.69, 9.17) is 16.3 Å². The maximum Gasteiger partial charge on any atom is 0.405 e. The number of benzene rings is 2. The molecule has 1 aliphatic heterocycles. The molecule has 1 aliphatic rings. The lowest BCUT2D eigenvalue weighted by Crippen LogP contribution is -2.60. The van der Waals surface area contributed by atoms with Crippen molar-refractivity contribution in [3.05, 3.63) is 94.3 Å². The summed E-state index contributed by atoms with van der Waals surface area (Å²) in [5.41, 5.74) is 0.668. The summed E-state index contributed by atoms with van der Waals surface area (Å²) < 4.78 is 101. The molecule has 59 heavy (non-hydrogen) atoms. The minimum absolute atomic E-state index is 0.188. The maximum absolute atomic E-state index is 15.0. The number of aromatic nitrogens is 1. The molecular formula is C38H38ClF5N6O8S. The summed E-state index contributed by atoms with van der Waals surface area (Å²) in [5.74, 6) is -14.5. The fourth-order valence-electron chi connectivity index (χ4n) is 6.15. The Kier molecular flexibility index (Phi) is 14.8. The number of sulfone groups is 1. The normalized spacial score (nSPS) is 16.7. The number of hydrogen-bond donors (Lipinski definition) is 3. The first-order chi connectivity index (χ1) is 27.6. The minimum Gasteiger partial charge on any atom is -0.497 e. The van der Waals surface area contributed by atoms with Crippen LogP contribution in [-0.2, 0) is 41.2 Å². The maximum atomic E-state index is 15.0. The first kappa shape index (κ1) is 46.0. The van der Waals surface area contributed by atoms with Gasteiger partial charge in [-0.05, 0) is 59.9 Å². The van der Waals surface area contributed by atoms with Crippen LogP contribution in [0.25, 0.3) is 0 Å². The molecule has 1 aromatic heterocycles. The van der Waals surface area contributed by atoms with Crippen LogP contribution in [0.3, 0.4) is 0 Å². The molecule has 4 atom stereocenters. The summed E-state index contributed by atoms with van der Waals surface area (Å²) in [4.78, 5) is 72.0. The molecule has 316 valence electrons. The van der Waals surface area contributed by atoms with Crippen LogP contribution in [0.4, 0.5) is 22.0 Å². The monoisotopic (exact) mass is 868 g/mol. The van der Waals surface area contributed by atoms with Crippen LogP contribution < -0.4 is 20.7 Å². The fourth-order valence-corrected chi connectivity index (χ4v) is 8.02. The van der Waals surface area contributed by atoms with Gasteiger partial charge in [0.15, 0.2) is 9.84 Å². The van der Waals surface area contributed by atoms with Crippen LogP contribution in [0, 0.1) is 17.2 Å². The number of hydrogen-bond acceptors (Lipinski definition) is 10. The van der Waals surface area contributed by atoms with E-state index in [0.717, 1.165) is 10.2 Å². The molecule has 2 heterocycles. The van der Waals surface area contributed by atoms with Crippen molar-refractivity contribution in [1.82, 2.24) is 25.8 Å². The Balaban J connectivity index is 1.72. The van der Waals surface area contributed by atoms with Gasteiger partial charge in [0.25, 0.3) is 11.8 Å². The zero-order valence-electron chi connectivity index (χ0n) is 31.6. The molecule has 0 radical (unpaired) electrons. The van der Waals surface area contributed by atoms with E-state index in [0.29, 0.717) is 16.9 Å². The number of alkyl halides is 5. The van der Waals surface area contributed by atoms with E-state index in [-0.39, 0.29) is 22.7 Å². The van der Waals surface area contributed by atoms with Gasteiger partial charge in [0.05, 0.1) is 40.8 Å². The van der Waals surface area contributed by atoms with Crippen molar-refractivity contribution in [1.29, 1.82) is 5.26 Å². The SMILES string of the molecule is COc1ccc(CS(=O)(=O)[C@@H]2CC(C(=O)N[C@H](C(=O)C(F)(F)C(=O)NCC(F)(F)F)C(C)C)N(C(=O)[C@H](Cc3cccc(C#N)c3)NC(=O)c3ccc(Cl)cn3)C2)cc1. The van der Waals surface area contributed by atoms with Gasteiger partial charge in [0.2, 0.25) is 17.6 Å². The highest BCUT2D eigenvalue weighted by molar-refractivity contribution is 7.91. The smallest absolute Gasteiger partial charge is 0.405 e. The molecule has 3 aromatic rings. The summed E-state index contributed by atoms with van der Waals surface area (Å²) in [6, 6.07) is 10.9. The number of carbonyl (C=O) groups is 5. The van der Waals surface area contributed by atoms with Crippen LogP contribution in [0.5, 0.6) is 5.75 Å². The Hall–Kier alpha value is -5.68. The van der Waals surface area contributed by atoms with Crippen LogP contribution in [0.1, 0.15) is 47.4 Å². The van der Waals surface area contributed by atoms with Crippen molar-refractivity contribution < 1.29 is 59.1 Å². The Morgan fingerprint density at radius 2 is 1.68 bits per heavy atom. The molecule has 0 spiro atoms. The number of ketones is 1. The Morgan fingerprint density at radius 1 is 1.00 bits per heavy atom. The van der Waals surface area contributed by atoms with E-state index >= 15 is 8.78 Å². The van der Waals surface area contributed by atoms with Gasteiger partial charge in [-0.3, -0.25) is 24.0 Å². The van der Waals surface area contributed by atoms with Crippen molar-refractivity contribution in [2.24, 2.45) is 5.92 Å². The van der Waals surface area contributed by atoms with Crippen LogP contribution in [0.15, 0.2) is 66.9 Å². The quantitative estimate of drug-likeness (QED) is 0.141. The predicted molar refractivity (Wildman–Crippen MR) is 201 cm³/mol. The van der Waals surface area contributed by atoms with Gasteiger partial charge in [-0.25, -0.2) is 13.4 Å². The third-order valence-electron chi connectivity index (χ3n) is 9.23. The number of nitrogens with zero attached hydrogens (tertiary/aromatic N) is 3. The molecular weight excluding hydrogens is 831 g/mol. The zero-order chi connectivity index (χ0) is 43.9. The van der Waals surface area contributed by atoms with Crippen molar-refractivity contribution in [2.45, 2.75) is 67.9 Å². The number of rotatable bonds is 16. The molecule has 0 aliphatic carbocycles. The van der Waals surface area contributed by atoms with E-state index in [1.165, 1.54) is 87.8 Å². The highest BCUT2D eigenvalue weighted by atomic mass is 35.5.